The maximum atomic E-state index is 12.9. The zero-order valence-corrected chi connectivity index (χ0v) is 23.1. The van der Waals surface area contributed by atoms with Crippen molar-refractivity contribution in [3.63, 3.8) is 0 Å². The second-order valence-electron chi connectivity index (χ2n) is 8.59. The summed E-state index contributed by atoms with van der Waals surface area (Å²) in [6, 6.07) is 10.7. The van der Waals surface area contributed by atoms with Crippen molar-refractivity contribution in [3.8, 4) is 0 Å². The second-order valence-corrected chi connectivity index (χ2v) is 10.4. The van der Waals surface area contributed by atoms with Gasteiger partial charge in [0.25, 0.3) is 5.91 Å². The molecule has 0 radical (unpaired) electrons. The van der Waals surface area contributed by atoms with E-state index in [0.29, 0.717) is 39.2 Å². The highest BCUT2D eigenvalue weighted by Gasteiger charge is 2.24. The molecule has 3 rings (SSSR count). The molecule has 9 nitrogen and oxygen atoms in total. The maximum absolute atomic E-state index is 12.9. The number of carbonyl (C=O) groups excluding carboxylic acids is 3. The molecule has 2 amide bonds. The van der Waals surface area contributed by atoms with E-state index >= 15 is 0 Å². The molecule has 196 valence electrons. The van der Waals surface area contributed by atoms with Crippen LogP contribution in [-0.2, 0) is 16.6 Å². The topological polar surface area (TPSA) is 115 Å². The second kappa shape index (κ2) is 12.9. The molecule has 2 aromatic carbocycles. The van der Waals surface area contributed by atoms with E-state index in [1.165, 1.54) is 24.9 Å². The van der Waals surface area contributed by atoms with Gasteiger partial charge in [0.05, 0.1) is 35.1 Å². The number of ether oxygens (including phenoxy) is 1. The Kier molecular flexibility index (Phi) is 9.96. The zero-order valence-electron chi connectivity index (χ0n) is 20.7. The molecule has 1 aromatic heterocycles. The summed E-state index contributed by atoms with van der Waals surface area (Å²) in [5, 5.41) is 15.5. The van der Waals surface area contributed by atoms with E-state index in [0.717, 1.165) is 0 Å². The minimum atomic E-state index is -0.449. The molecule has 0 fully saturated rings. The Balaban J connectivity index is 1.66. The van der Waals surface area contributed by atoms with Crippen LogP contribution < -0.4 is 10.6 Å². The summed E-state index contributed by atoms with van der Waals surface area (Å²) < 4.78 is 6.43. The maximum Gasteiger partial charge on any atom is 0.337 e. The monoisotopic (exact) mass is 563 g/mol. The number of esters is 1. The molecule has 1 heterocycles. The highest BCUT2D eigenvalue weighted by Crippen LogP contribution is 2.26. The lowest BCUT2D eigenvalue weighted by Gasteiger charge is -2.20. The number of hydrogen-bond donors (Lipinski definition) is 2. The number of aromatic nitrogens is 3. The Bertz CT molecular complexity index is 1280. The molecule has 3 aromatic rings. The van der Waals surface area contributed by atoms with Gasteiger partial charge in [-0.3, -0.25) is 9.59 Å². The van der Waals surface area contributed by atoms with Gasteiger partial charge in [0, 0.05) is 17.8 Å². The van der Waals surface area contributed by atoms with Crippen LogP contribution in [0.4, 0.5) is 5.69 Å². The van der Waals surface area contributed by atoms with E-state index in [9.17, 15) is 14.4 Å². The third-order valence-corrected chi connectivity index (χ3v) is 6.86. The van der Waals surface area contributed by atoms with Gasteiger partial charge in [0.2, 0.25) is 5.91 Å². The van der Waals surface area contributed by atoms with Crippen molar-refractivity contribution in [1.82, 2.24) is 20.1 Å². The van der Waals surface area contributed by atoms with Gasteiger partial charge in [-0.2, -0.15) is 0 Å². The molecule has 37 heavy (non-hydrogen) atoms. The Morgan fingerprint density at radius 1 is 1.08 bits per heavy atom. The molecule has 0 aliphatic rings. The van der Waals surface area contributed by atoms with Crippen LogP contribution in [0.3, 0.4) is 0 Å². The Morgan fingerprint density at radius 2 is 1.78 bits per heavy atom. The van der Waals surface area contributed by atoms with E-state index in [2.05, 4.69) is 25.6 Å². The molecule has 0 aliphatic heterocycles. The lowest BCUT2D eigenvalue weighted by atomic mass is 10.0. The number of carbonyl (C=O) groups is 3. The number of benzene rings is 2. The van der Waals surface area contributed by atoms with Crippen molar-refractivity contribution in [2.24, 2.45) is 13.0 Å². The van der Waals surface area contributed by atoms with Crippen molar-refractivity contribution in [2.75, 3.05) is 18.2 Å². The number of halogens is 2. The van der Waals surface area contributed by atoms with E-state index in [-0.39, 0.29) is 28.5 Å². The number of anilines is 1. The van der Waals surface area contributed by atoms with Gasteiger partial charge in [-0.1, -0.05) is 48.8 Å². The summed E-state index contributed by atoms with van der Waals surface area (Å²) in [5.41, 5.74) is 1.26. The minimum absolute atomic E-state index is 0.0896. The van der Waals surface area contributed by atoms with Crippen molar-refractivity contribution < 1.29 is 19.1 Å². The first-order valence-electron chi connectivity index (χ1n) is 11.3. The third kappa shape index (κ3) is 7.70. The molecule has 0 saturated heterocycles. The van der Waals surface area contributed by atoms with Crippen molar-refractivity contribution in [2.45, 2.75) is 31.5 Å². The van der Waals surface area contributed by atoms with Crippen LogP contribution >= 0.6 is 35.0 Å². The summed E-state index contributed by atoms with van der Waals surface area (Å²) in [7, 11) is 3.09. The molecule has 0 unspecified atom stereocenters. The van der Waals surface area contributed by atoms with Crippen molar-refractivity contribution in [1.29, 1.82) is 0 Å². The number of methoxy groups -OCH3 is 1. The van der Waals surface area contributed by atoms with Gasteiger partial charge >= 0.3 is 5.97 Å². The van der Waals surface area contributed by atoms with Crippen LogP contribution in [-0.4, -0.2) is 45.4 Å². The first-order valence-corrected chi connectivity index (χ1v) is 13.1. The quantitative estimate of drug-likeness (QED) is 0.258. The lowest BCUT2D eigenvalue weighted by Crippen LogP contribution is -2.31. The number of nitrogens with zero attached hydrogens (tertiary/aromatic N) is 3. The fourth-order valence-corrected chi connectivity index (χ4v) is 4.71. The molecule has 0 aliphatic carbocycles. The van der Waals surface area contributed by atoms with Gasteiger partial charge in [-0.05, 0) is 54.8 Å². The normalized spacial score (nSPS) is 11.8. The van der Waals surface area contributed by atoms with Crippen molar-refractivity contribution >= 4 is 58.4 Å². The lowest BCUT2D eigenvalue weighted by molar-refractivity contribution is -0.113. The smallest absolute Gasteiger partial charge is 0.337 e. The van der Waals surface area contributed by atoms with E-state index in [1.54, 1.807) is 48.0 Å². The van der Waals surface area contributed by atoms with Gasteiger partial charge in [0.15, 0.2) is 11.0 Å². The van der Waals surface area contributed by atoms with Crippen LogP contribution in [0.15, 0.2) is 47.6 Å². The molecule has 1 atom stereocenters. The fourth-order valence-electron chi connectivity index (χ4n) is 3.50. The number of rotatable bonds is 10. The minimum Gasteiger partial charge on any atom is -0.465 e. The van der Waals surface area contributed by atoms with Crippen LogP contribution in [0.25, 0.3) is 0 Å². The Labute approximate surface area is 229 Å². The summed E-state index contributed by atoms with van der Waals surface area (Å²) in [4.78, 5) is 36.9. The van der Waals surface area contributed by atoms with E-state index in [1.807, 2.05) is 13.8 Å². The number of hydrogen-bond acceptors (Lipinski definition) is 7. The average molecular weight is 564 g/mol. The van der Waals surface area contributed by atoms with Gasteiger partial charge in [-0.15, -0.1) is 10.2 Å². The van der Waals surface area contributed by atoms with Crippen molar-refractivity contribution in [3.05, 3.63) is 69.5 Å². The summed E-state index contributed by atoms with van der Waals surface area (Å²) in [5.74, 6) is -0.128. The predicted molar refractivity (Wildman–Crippen MR) is 144 cm³/mol. The molecular weight excluding hydrogens is 537 g/mol. The molecule has 0 spiro atoms. The summed E-state index contributed by atoms with van der Waals surface area (Å²) in [6.07, 6.45) is 0.621. The number of thioether (sulfide) groups is 1. The van der Waals surface area contributed by atoms with Crippen LogP contribution in [0.5, 0.6) is 0 Å². The number of nitrogens with one attached hydrogen (secondary N) is 2. The molecular formula is C25H27Cl2N5O4S. The first kappa shape index (κ1) is 28.5. The largest absolute Gasteiger partial charge is 0.465 e. The Hall–Kier alpha value is -3.08. The third-order valence-electron chi connectivity index (χ3n) is 5.29. The predicted octanol–water partition coefficient (Wildman–Crippen LogP) is 5.16. The van der Waals surface area contributed by atoms with E-state index < -0.39 is 12.0 Å². The average Bonchev–Trinajstić information content (AvgIpc) is 3.22. The van der Waals surface area contributed by atoms with Gasteiger partial charge in [-0.25, -0.2) is 4.79 Å². The molecule has 0 bridgehead atoms. The highest BCUT2D eigenvalue weighted by molar-refractivity contribution is 7.99. The Morgan fingerprint density at radius 3 is 2.41 bits per heavy atom. The summed E-state index contributed by atoms with van der Waals surface area (Å²) in [6.45, 7) is 4.09. The van der Waals surface area contributed by atoms with Gasteiger partial charge < -0.3 is 19.9 Å². The zero-order chi connectivity index (χ0) is 27.1. The van der Waals surface area contributed by atoms with Gasteiger partial charge in [0.1, 0.15) is 0 Å². The molecule has 0 saturated carbocycles. The van der Waals surface area contributed by atoms with Crippen LogP contribution in [0.2, 0.25) is 10.0 Å². The fraction of sp³-hybridized carbons (Fsp3) is 0.320. The van der Waals surface area contributed by atoms with Crippen LogP contribution in [0, 0.1) is 5.92 Å². The first-order chi connectivity index (χ1) is 17.6. The highest BCUT2D eigenvalue weighted by atomic mass is 35.5. The van der Waals surface area contributed by atoms with E-state index in [4.69, 9.17) is 23.2 Å². The van der Waals surface area contributed by atoms with Crippen LogP contribution in [0.1, 0.15) is 52.9 Å². The number of amides is 2. The standard InChI is InChI=1S/C25H27Cl2N5O4S/c1-14(2)11-20(29-23(34)18-10-7-16(26)12-19(18)27)22-30-31-25(32(22)3)37-13-21(33)28-17-8-5-15(6-9-17)24(35)36-4/h5-10,12,14,20H,11,13H2,1-4H3,(H,28,33)(H,29,34)/t20-/m0/s1. The molecule has 2 N–H and O–H groups in total. The summed E-state index contributed by atoms with van der Waals surface area (Å²) >= 11 is 13.4. The SMILES string of the molecule is COC(=O)c1ccc(NC(=O)CSc2nnc([C@H](CC(C)C)NC(=O)c3ccc(Cl)cc3Cl)n2C)cc1. The molecule has 12 heteroatoms.